The molecular formula is C18H23BrN2O3. The molecule has 1 aliphatic heterocycles. The van der Waals surface area contributed by atoms with Crippen LogP contribution in [0.25, 0.3) is 11.0 Å². The van der Waals surface area contributed by atoms with E-state index in [1.54, 1.807) is 4.90 Å². The largest absolute Gasteiger partial charge is 0.463 e. The highest BCUT2D eigenvalue weighted by atomic mass is 79.9. The van der Waals surface area contributed by atoms with Crippen LogP contribution in [0, 0.1) is 0 Å². The first-order valence-electron chi connectivity index (χ1n) is 8.18. The van der Waals surface area contributed by atoms with Crippen LogP contribution < -0.4 is 0 Å². The molecule has 1 aromatic heterocycles. The molecule has 0 radical (unpaired) electrons. The summed E-state index contributed by atoms with van der Waals surface area (Å²) in [6.07, 6.45) is 1.61. The van der Waals surface area contributed by atoms with Gasteiger partial charge in [0, 0.05) is 43.7 Å². The molecule has 2 heterocycles. The average molecular weight is 395 g/mol. The zero-order chi connectivity index (χ0) is 17.3. The summed E-state index contributed by atoms with van der Waals surface area (Å²) in [5.41, 5.74) is 1.62. The van der Waals surface area contributed by atoms with Crippen LogP contribution in [0.1, 0.15) is 26.3 Å². The first-order chi connectivity index (χ1) is 11.3. The monoisotopic (exact) mass is 394 g/mol. The number of rotatable bonds is 2. The maximum atomic E-state index is 12.1. The van der Waals surface area contributed by atoms with Crippen molar-refractivity contribution < 1.29 is 13.9 Å². The molecule has 1 amide bonds. The van der Waals surface area contributed by atoms with E-state index in [2.05, 4.69) is 26.9 Å². The number of para-hydroxylation sites is 1. The molecule has 3 rings (SSSR count). The molecule has 0 unspecified atom stereocenters. The lowest BCUT2D eigenvalue weighted by Crippen LogP contribution is -2.49. The first-order valence-corrected chi connectivity index (χ1v) is 8.98. The number of nitrogens with zero attached hydrogens (tertiary/aromatic N) is 2. The van der Waals surface area contributed by atoms with Gasteiger partial charge < -0.3 is 14.1 Å². The lowest BCUT2D eigenvalue weighted by molar-refractivity contribution is 0.0139. The van der Waals surface area contributed by atoms with Crippen LogP contribution in [0.5, 0.6) is 0 Å². The summed E-state index contributed by atoms with van der Waals surface area (Å²) >= 11 is 3.52. The Kier molecular flexibility index (Phi) is 4.88. The van der Waals surface area contributed by atoms with Crippen LogP contribution in [-0.4, -0.2) is 47.7 Å². The standard InChI is InChI=1S/C18H23BrN2O3/c1-18(2,3)24-17(22)21-9-7-20(8-10-21)11-13-12-23-16-14(13)5-4-6-15(16)19/h4-6,12H,7-11H2,1-3H3. The van der Waals surface area contributed by atoms with E-state index in [0.29, 0.717) is 13.1 Å². The molecule has 0 spiro atoms. The van der Waals surface area contributed by atoms with Crippen molar-refractivity contribution in [3.8, 4) is 0 Å². The van der Waals surface area contributed by atoms with Crippen molar-refractivity contribution in [2.75, 3.05) is 26.2 Å². The lowest BCUT2D eigenvalue weighted by atomic mass is 10.1. The zero-order valence-corrected chi connectivity index (χ0v) is 15.9. The van der Waals surface area contributed by atoms with Gasteiger partial charge in [-0.15, -0.1) is 0 Å². The van der Waals surface area contributed by atoms with E-state index in [4.69, 9.17) is 9.15 Å². The molecule has 0 saturated carbocycles. The van der Waals surface area contributed by atoms with Crippen molar-refractivity contribution in [3.05, 3.63) is 34.5 Å². The maximum Gasteiger partial charge on any atom is 0.410 e. The fourth-order valence-electron chi connectivity index (χ4n) is 2.85. The number of carbonyl (C=O) groups is 1. The topological polar surface area (TPSA) is 45.9 Å². The summed E-state index contributed by atoms with van der Waals surface area (Å²) < 4.78 is 12.1. The minimum atomic E-state index is -0.447. The highest BCUT2D eigenvalue weighted by Crippen LogP contribution is 2.29. The van der Waals surface area contributed by atoms with E-state index in [1.807, 2.05) is 39.2 Å². The Labute approximate surface area is 150 Å². The third-order valence-corrected chi connectivity index (χ3v) is 4.67. The van der Waals surface area contributed by atoms with Gasteiger partial charge in [-0.1, -0.05) is 12.1 Å². The van der Waals surface area contributed by atoms with Crippen molar-refractivity contribution in [2.24, 2.45) is 0 Å². The summed E-state index contributed by atoms with van der Waals surface area (Å²) in [4.78, 5) is 16.2. The van der Waals surface area contributed by atoms with E-state index in [-0.39, 0.29) is 6.09 Å². The second-order valence-corrected chi connectivity index (χ2v) is 7.98. The molecule has 0 N–H and O–H groups in total. The predicted octanol–water partition coefficient (Wildman–Crippen LogP) is 4.25. The number of ether oxygens (including phenoxy) is 1. The van der Waals surface area contributed by atoms with Crippen molar-refractivity contribution in [3.63, 3.8) is 0 Å². The lowest BCUT2D eigenvalue weighted by Gasteiger charge is -2.35. The molecular weight excluding hydrogens is 372 g/mol. The van der Waals surface area contributed by atoms with E-state index >= 15 is 0 Å². The number of amides is 1. The van der Waals surface area contributed by atoms with Gasteiger partial charge in [-0.2, -0.15) is 0 Å². The molecule has 0 bridgehead atoms. The summed E-state index contributed by atoms with van der Waals surface area (Å²) in [5.74, 6) is 0. The van der Waals surface area contributed by atoms with Crippen LogP contribution in [0.15, 0.2) is 33.4 Å². The van der Waals surface area contributed by atoms with Gasteiger partial charge in [0.2, 0.25) is 0 Å². The number of hydrogen-bond acceptors (Lipinski definition) is 4. The van der Waals surface area contributed by atoms with Gasteiger partial charge in [0.05, 0.1) is 10.7 Å². The van der Waals surface area contributed by atoms with Crippen molar-refractivity contribution in [2.45, 2.75) is 32.9 Å². The van der Waals surface area contributed by atoms with Gasteiger partial charge in [0.1, 0.15) is 11.2 Å². The second kappa shape index (κ2) is 6.76. The predicted molar refractivity (Wildman–Crippen MR) is 97.0 cm³/mol. The van der Waals surface area contributed by atoms with Crippen LogP contribution in [0.3, 0.4) is 0 Å². The summed E-state index contributed by atoms with van der Waals surface area (Å²) in [5, 5.41) is 1.14. The number of furan rings is 1. The average Bonchev–Trinajstić information content (AvgIpc) is 2.91. The molecule has 1 aromatic carbocycles. The van der Waals surface area contributed by atoms with Crippen LogP contribution in [0.4, 0.5) is 4.79 Å². The highest BCUT2D eigenvalue weighted by Gasteiger charge is 2.26. The van der Waals surface area contributed by atoms with Crippen molar-refractivity contribution in [1.29, 1.82) is 0 Å². The van der Waals surface area contributed by atoms with Gasteiger partial charge in [-0.25, -0.2) is 4.79 Å². The Morgan fingerprint density at radius 1 is 1.25 bits per heavy atom. The number of piperazine rings is 1. The Balaban J connectivity index is 1.59. The van der Waals surface area contributed by atoms with E-state index in [1.165, 1.54) is 5.56 Å². The smallest absolute Gasteiger partial charge is 0.410 e. The SMILES string of the molecule is CC(C)(C)OC(=O)N1CCN(Cc2coc3c(Br)cccc23)CC1. The highest BCUT2D eigenvalue weighted by molar-refractivity contribution is 9.10. The zero-order valence-electron chi connectivity index (χ0n) is 14.3. The van der Waals surface area contributed by atoms with Crippen LogP contribution >= 0.6 is 15.9 Å². The van der Waals surface area contributed by atoms with Crippen molar-refractivity contribution >= 4 is 33.0 Å². The van der Waals surface area contributed by atoms with Gasteiger partial charge in [0.15, 0.2) is 0 Å². The third kappa shape index (κ3) is 3.92. The molecule has 5 nitrogen and oxygen atoms in total. The molecule has 6 heteroatoms. The molecule has 0 aliphatic carbocycles. The summed E-state index contributed by atoms with van der Waals surface area (Å²) in [6, 6.07) is 6.08. The molecule has 130 valence electrons. The summed E-state index contributed by atoms with van der Waals surface area (Å²) in [7, 11) is 0. The van der Waals surface area contributed by atoms with E-state index in [9.17, 15) is 4.79 Å². The number of benzene rings is 1. The van der Waals surface area contributed by atoms with Gasteiger partial charge in [-0.05, 0) is 42.8 Å². The molecule has 2 aromatic rings. The number of halogens is 1. The normalized spacial score (nSPS) is 16.6. The quantitative estimate of drug-likeness (QED) is 0.763. The molecule has 1 fully saturated rings. The number of fused-ring (bicyclic) bond motifs is 1. The maximum absolute atomic E-state index is 12.1. The van der Waals surface area contributed by atoms with Crippen LogP contribution in [0.2, 0.25) is 0 Å². The second-order valence-electron chi connectivity index (χ2n) is 7.12. The Morgan fingerprint density at radius 3 is 2.62 bits per heavy atom. The van der Waals surface area contributed by atoms with Gasteiger partial charge >= 0.3 is 6.09 Å². The minimum absolute atomic E-state index is 0.222. The minimum Gasteiger partial charge on any atom is -0.463 e. The third-order valence-electron chi connectivity index (χ3n) is 4.05. The molecule has 24 heavy (non-hydrogen) atoms. The number of carbonyl (C=O) groups excluding carboxylic acids is 1. The van der Waals surface area contributed by atoms with Crippen LogP contribution in [-0.2, 0) is 11.3 Å². The Bertz CT molecular complexity index is 727. The number of hydrogen-bond donors (Lipinski definition) is 0. The Hall–Kier alpha value is -1.53. The van der Waals surface area contributed by atoms with Gasteiger partial charge in [-0.3, -0.25) is 4.90 Å². The molecule has 1 saturated heterocycles. The fraction of sp³-hybridized carbons (Fsp3) is 0.500. The van der Waals surface area contributed by atoms with Crippen molar-refractivity contribution in [1.82, 2.24) is 9.80 Å². The van der Waals surface area contributed by atoms with E-state index < -0.39 is 5.60 Å². The fourth-order valence-corrected chi connectivity index (χ4v) is 3.31. The molecule has 0 atom stereocenters. The Morgan fingerprint density at radius 2 is 1.96 bits per heavy atom. The summed E-state index contributed by atoms with van der Waals surface area (Å²) in [6.45, 7) is 9.55. The van der Waals surface area contributed by atoms with E-state index in [0.717, 1.165) is 35.1 Å². The molecule has 1 aliphatic rings. The first kappa shape index (κ1) is 17.3. The van der Waals surface area contributed by atoms with Gasteiger partial charge in [0.25, 0.3) is 0 Å².